The number of para-hydroxylation sites is 1. The minimum Gasteiger partial charge on any atom is -0.483 e. The van der Waals surface area contributed by atoms with Gasteiger partial charge in [0, 0.05) is 31.6 Å². The molecule has 3 N–H and O–H groups in total. The summed E-state index contributed by atoms with van der Waals surface area (Å²) in [5.41, 5.74) is 6.81. The summed E-state index contributed by atoms with van der Waals surface area (Å²) in [4.78, 5) is 25.8. The van der Waals surface area contributed by atoms with Crippen molar-refractivity contribution in [2.45, 2.75) is 44.7 Å². The molecule has 0 radical (unpaired) electrons. The van der Waals surface area contributed by atoms with Gasteiger partial charge >= 0.3 is 0 Å². The Morgan fingerprint density at radius 1 is 1.32 bits per heavy atom. The highest BCUT2D eigenvalue weighted by Gasteiger charge is 2.29. The standard InChI is InChI=1S/C19H29N3O3/c1-4-16(21-19(24)13-9-10-14(20)11-13)15-7-5-6-8-17(15)25-12-18(23)22(2)3/h5-8,13-14,16H,4,9-12,20H2,1-3H3,(H,21,24). The van der Waals surface area contributed by atoms with E-state index in [1.165, 1.54) is 4.90 Å². The molecule has 1 aliphatic rings. The zero-order valence-electron chi connectivity index (χ0n) is 15.3. The lowest BCUT2D eigenvalue weighted by atomic mass is 10.0. The van der Waals surface area contributed by atoms with Crippen LogP contribution in [0, 0.1) is 5.92 Å². The first-order chi connectivity index (χ1) is 11.9. The molecule has 0 saturated heterocycles. The van der Waals surface area contributed by atoms with E-state index in [9.17, 15) is 9.59 Å². The Morgan fingerprint density at radius 3 is 2.64 bits per heavy atom. The van der Waals surface area contributed by atoms with E-state index in [0.29, 0.717) is 5.75 Å². The zero-order valence-corrected chi connectivity index (χ0v) is 15.3. The lowest BCUT2D eigenvalue weighted by Crippen LogP contribution is -2.34. The van der Waals surface area contributed by atoms with Crippen LogP contribution in [0.15, 0.2) is 24.3 Å². The first kappa shape index (κ1) is 19.2. The van der Waals surface area contributed by atoms with Gasteiger partial charge in [-0.25, -0.2) is 0 Å². The van der Waals surface area contributed by atoms with Gasteiger partial charge < -0.3 is 20.7 Å². The maximum absolute atomic E-state index is 12.5. The molecule has 138 valence electrons. The summed E-state index contributed by atoms with van der Waals surface area (Å²) in [5.74, 6) is 0.575. The summed E-state index contributed by atoms with van der Waals surface area (Å²) in [7, 11) is 3.39. The second-order valence-electron chi connectivity index (χ2n) is 6.85. The molecule has 0 heterocycles. The van der Waals surface area contributed by atoms with E-state index in [-0.39, 0.29) is 36.4 Å². The van der Waals surface area contributed by atoms with Crippen LogP contribution < -0.4 is 15.8 Å². The Kier molecular flexibility index (Phi) is 6.82. The molecule has 1 aromatic rings. The lowest BCUT2D eigenvalue weighted by Gasteiger charge is -2.22. The number of nitrogens with zero attached hydrogens (tertiary/aromatic N) is 1. The first-order valence-corrected chi connectivity index (χ1v) is 8.90. The maximum Gasteiger partial charge on any atom is 0.259 e. The molecule has 0 aromatic heterocycles. The van der Waals surface area contributed by atoms with Gasteiger partial charge in [-0.1, -0.05) is 25.1 Å². The highest BCUT2D eigenvalue weighted by atomic mass is 16.5. The normalized spacial score (nSPS) is 20.8. The van der Waals surface area contributed by atoms with Crippen LogP contribution in [0.1, 0.15) is 44.2 Å². The van der Waals surface area contributed by atoms with Crippen LogP contribution in [0.3, 0.4) is 0 Å². The van der Waals surface area contributed by atoms with Gasteiger partial charge in [-0.15, -0.1) is 0 Å². The smallest absolute Gasteiger partial charge is 0.259 e. The van der Waals surface area contributed by atoms with Crippen molar-refractivity contribution in [1.29, 1.82) is 0 Å². The predicted octanol–water partition coefficient (Wildman–Crippen LogP) is 1.85. The molecule has 3 unspecified atom stereocenters. The molecular formula is C19H29N3O3. The van der Waals surface area contributed by atoms with Crippen LogP contribution in [0.4, 0.5) is 0 Å². The van der Waals surface area contributed by atoms with Crippen LogP contribution in [0.25, 0.3) is 0 Å². The number of hydrogen-bond donors (Lipinski definition) is 2. The monoisotopic (exact) mass is 347 g/mol. The predicted molar refractivity (Wildman–Crippen MR) is 97.1 cm³/mol. The zero-order chi connectivity index (χ0) is 18.4. The van der Waals surface area contributed by atoms with Crippen molar-refractivity contribution in [3.05, 3.63) is 29.8 Å². The summed E-state index contributed by atoms with van der Waals surface area (Å²) in [6.07, 6.45) is 3.24. The summed E-state index contributed by atoms with van der Waals surface area (Å²) >= 11 is 0. The maximum atomic E-state index is 12.5. The quantitative estimate of drug-likeness (QED) is 0.788. The van der Waals surface area contributed by atoms with Gasteiger partial charge in [0.1, 0.15) is 5.75 Å². The topological polar surface area (TPSA) is 84.7 Å². The summed E-state index contributed by atoms with van der Waals surface area (Å²) < 4.78 is 5.70. The molecule has 3 atom stereocenters. The molecule has 2 amide bonds. The van der Waals surface area contributed by atoms with Gasteiger partial charge in [-0.05, 0) is 31.7 Å². The third-order valence-electron chi connectivity index (χ3n) is 4.71. The van der Waals surface area contributed by atoms with Crippen LogP contribution in [-0.2, 0) is 9.59 Å². The van der Waals surface area contributed by atoms with Crippen molar-refractivity contribution in [2.75, 3.05) is 20.7 Å². The van der Waals surface area contributed by atoms with Gasteiger partial charge in [0.05, 0.1) is 6.04 Å². The van der Waals surface area contributed by atoms with Crippen molar-refractivity contribution in [3.8, 4) is 5.75 Å². The molecule has 0 bridgehead atoms. The number of benzene rings is 1. The molecule has 1 aromatic carbocycles. The van der Waals surface area contributed by atoms with E-state index >= 15 is 0 Å². The van der Waals surface area contributed by atoms with Crippen molar-refractivity contribution >= 4 is 11.8 Å². The molecule has 6 nitrogen and oxygen atoms in total. The van der Waals surface area contributed by atoms with Crippen LogP contribution in [0.2, 0.25) is 0 Å². The Labute approximate surface area is 149 Å². The van der Waals surface area contributed by atoms with E-state index in [1.54, 1.807) is 14.1 Å². The minimum atomic E-state index is -0.144. The first-order valence-electron chi connectivity index (χ1n) is 8.90. The van der Waals surface area contributed by atoms with Crippen LogP contribution >= 0.6 is 0 Å². The summed E-state index contributed by atoms with van der Waals surface area (Å²) in [6, 6.07) is 7.53. The fourth-order valence-corrected chi connectivity index (χ4v) is 3.11. The average molecular weight is 347 g/mol. The fourth-order valence-electron chi connectivity index (χ4n) is 3.11. The second-order valence-corrected chi connectivity index (χ2v) is 6.85. The number of rotatable bonds is 7. The van der Waals surface area contributed by atoms with Crippen LogP contribution in [0.5, 0.6) is 5.75 Å². The SMILES string of the molecule is CCC(NC(=O)C1CCC(N)C1)c1ccccc1OCC(=O)N(C)C. The van der Waals surface area contributed by atoms with E-state index < -0.39 is 0 Å². The molecule has 1 fully saturated rings. The van der Waals surface area contributed by atoms with Crippen molar-refractivity contribution < 1.29 is 14.3 Å². The number of likely N-dealkylation sites (N-methyl/N-ethyl adjacent to an activating group) is 1. The molecule has 25 heavy (non-hydrogen) atoms. The summed E-state index contributed by atoms with van der Waals surface area (Å²) in [5, 5.41) is 3.13. The van der Waals surface area contributed by atoms with Gasteiger partial charge in [-0.2, -0.15) is 0 Å². The van der Waals surface area contributed by atoms with Crippen molar-refractivity contribution in [1.82, 2.24) is 10.2 Å². The number of nitrogens with two attached hydrogens (primary N) is 1. The number of carbonyl (C=O) groups excluding carboxylic acids is 2. The highest BCUT2D eigenvalue weighted by molar-refractivity contribution is 5.79. The molecule has 0 aliphatic heterocycles. The van der Waals surface area contributed by atoms with Gasteiger partial charge in [0.25, 0.3) is 5.91 Å². The molecule has 1 saturated carbocycles. The third-order valence-corrected chi connectivity index (χ3v) is 4.71. The highest BCUT2D eigenvalue weighted by Crippen LogP contribution is 2.29. The minimum absolute atomic E-state index is 0.00699. The van der Waals surface area contributed by atoms with E-state index in [4.69, 9.17) is 10.5 Å². The number of nitrogens with one attached hydrogen (secondary N) is 1. The van der Waals surface area contributed by atoms with Crippen molar-refractivity contribution in [2.24, 2.45) is 11.7 Å². The Balaban J connectivity index is 2.06. The van der Waals surface area contributed by atoms with E-state index in [1.807, 2.05) is 31.2 Å². The average Bonchev–Trinajstić information content (AvgIpc) is 3.04. The third kappa shape index (κ3) is 5.19. The number of hydrogen-bond acceptors (Lipinski definition) is 4. The lowest BCUT2D eigenvalue weighted by molar-refractivity contribution is -0.131. The van der Waals surface area contributed by atoms with Gasteiger partial charge in [0.15, 0.2) is 6.61 Å². The van der Waals surface area contributed by atoms with Crippen LogP contribution in [-0.4, -0.2) is 43.5 Å². The molecular weight excluding hydrogens is 318 g/mol. The molecule has 1 aliphatic carbocycles. The Hall–Kier alpha value is -2.08. The Bertz CT molecular complexity index is 603. The number of amides is 2. The molecule has 0 spiro atoms. The fraction of sp³-hybridized carbons (Fsp3) is 0.579. The molecule has 2 rings (SSSR count). The molecule has 6 heteroatoms. The number of carbonyl (C=O) groups is 2. The van der Waals surface area contributed by atoms with E-state index in [2.05, 4.69) is 5.32 Å². The van der Waals surface area contributed by atoms with Gasteiger partial charge in [-0.3, -0.25) is 9.59 Å². The van der Waals surface area contributed by atoms with Crippen molar-refractivity contribution in [3.63, 3.8) is 0 Å². The largest absolute Gasteiger partial charge is 0.483 e. The Morgan fingerprint density at radius 2 is 2.04 bits per heavy atom. The summed E-state index contributed by atoms with van der Waals surface area (Å²) in [6.45, 7) is 2.00. The second kappa shape index (κ2) is 8.85. The van der Waals surface area contributed by atoms with Gasteiger partial charge in [0.2, 0.25) is 5.91 Å². The van der Waals surface area contributed by atoms with E-state index in [0.717, 1.165) is 31.2 Å². The number of ether oxygens (including phenoxy) is 1.